The Morgan fingerprint density at radius 2 is 2.00 bits per heavy atom. The minimum absolute atomic E-state index is 0.00458. The van der Waals surface area contributed by atoms with E-state index in [1.807, 2.05) is 0 Å². The van der Waals surface area contributed by atoms with Crippen molar-refractivity contribution in [2.75, 3.05) is 6.54 Å². The zero-order valence-electron chi connectivity index (χ0n) is 13.9. The van der Waals surface area contributed by atoms with Gasteiger partial charge in [0.05, 0.1) is 5.94 Å². The highest BCUT2D eigenvalue weighted by molar-refractivity contribution is 6.46. The van der Waals surface area contributed by atoms with E-state index in [0.29, 0.717) is 5.56 Å². The summed E-state index contributed by atoms with van der Waals surface area (Å²) in [4.78, 5) is 36.2. The molecule has 3 rings (SSSR count). The second-order valence-electron chi connectivity index (χ2n) is 6.28. The van der Waals surface area contributed by atoms with Gasteiger partial charge in [0.15, 0.2) is 6.29 Å². The van der Waals surface area contributed by atoms with Crippen molar-refractivity contribution in [1.82, 2.24) is 10.2 Å². The Morgan fingerprint density at radius 3 is 2.65 bits per heavy atom. The van der Waals surface area contributed by atoms with Gasteiger partial charge < -0.3 is 25.2 Å². The summed E-state index contributed by atoms with van der Waals surface area (Å²) in [7, 11) is -1.36. The Bertz CT molecular complexity index is 723. The number of carbonyl (C=O) groups excluding carboxylic acids is 3. The summed E-state index contributed by atoms with van der Waals surface area (Å²) in [5, 5.41) is 31.5. The first-order valence-electron chi connectivity index (χ1n) is 8.32. The Kier molecular flexibility index (Phi) is 5.26. The smallest absolute Gasteiger partial charge is 0.534 e. The van der Waals surface area contributed by atoms with Gasteiger partial charge in [0.1, 0.15) is 5.75 Å². The van der Waals surface area contributed by atoms with Gasteiger partial charge >= 0.3 is 7.12 Å². The van der Waals surface area contributed by atoms with E-state index in [9.17, 15) is 29.6 Å². The minimum atomic E-state index is -1.74. The fraction of sp³-hybridized carbons (Fsp3) is 0.438. The van der Waals surface area contributed by atoms with Crippen molar-refractivity contribution in [3.8, 4) is 5.75 Å². The van der Waals surface area contributed by atoms with Gasteiger partial charge in [-0.05, 0) is 12.0 Å². The van der Waals surface area contributed by atoms with E-state index in [1.54, 1.807) is 12.1 Å². The Balaban J connectivity index is 1.60. The fourth-order valence-corrected chi connectivity index (χ4v) is 3.14. The third-order valence-electron chi connectivity index (χ3n) is 4.49. The van der Waals surface area contributed by atoms with Crippen LogP contribution in [0.3, 0.4) is 0 Å². The number of likely N-dealkylation sites (tertiary alicyclic amines) is 1. The molecule has 2 aliphatic rings. The molecule has 3 amide bonds. The van der Waals surface area contributed by atoms with Crippen molar-refractivity contribution in [3.63, 3.8) is 0 Å². The van der Waals surface area contributed by atoms with Crippen LogP contribution < -0.4 is 9.97 Å². The predicted octanol–water partition coefficient (Wildman–Crippen LogP) is -1.35. The van der Waals surface area contributed by atoms with Crippen LogP contribution in [0, 0.1) is 0 Å². The molecule has 1 aromatic carbocycles. The maximum atomic E-state index is 12.1. The summed E-state index contributed by atoms with van der Waals surface area (Å²) >= 11 is 0. The van der Waals surface area contributed by atoms with Gasteiger partial charge in [0, 0.05) is 31.4 Å². The first kappa shape index (κ1) is 18.4. The molecule has 9 nitrogen and oxygen atoms in total. The van der Waals surface area contributed by atoms with Crippen LogP contribution in [0.2, 0.25) is 0 Å². The van der Waals surface area contributed by atoms with Gasteiger partial charge in [0.25, 0.3) is 0 Å². The van der Waals surface area contributed by atoms with Gasteiger partial charge in [-0.15, -0.1) is 0 Å². The second kappa shape index (κ2) is 7.44. The maximum absolute atomic E-state index is 12.1. The van der Waals surface area contributed by atoms with Crippen molar-refractivity contribution in [3.05, 3.63) is 29.3 Å². The Hall–Kier alpha value is -2.43. The number of aliphatic hydroxyl groups excluding tert-OH is 1. The van der Waals surface area contributed by atoms with Gasteiger partial charge in [-0.25, -0.2) is 0 Å². The SMILES string of the molecule is O=C(CCN1C(=O)CCC1=O)N[C@H]1Cc2cccc(C(O)O)c2OB1O. The van der Waals surface area contributed by atoms with Crippen LogP contribution in [0.4, 0.5) is 0 Å². The Labute approximate surface area is 149 Å². The molecule has 0 spiro atoms. The number of hydrogen-bond acceptors (Lipinski definition) is 7. The van der Waals surface area contributed by atoms with Gasteiger partial charge in [-0.2, -0.15) is 0 Å². The lowest BCUT2D eigenvalue weighted by Crippen LogP contribution is -2.53. The minimum Gasteiger partial charge on any atom is -0.534 e. The van der Waals surface area contributed by atoms with Crippen LogP contribution >= 0.6 is 0 Å². The first-order chi connectivity index (χ1) is 12.4. The molecule has 0 radical (unpaired) electrons. The highest BCUT2D eigenvalue weighted by Gasteiger charge is 2.37. The summed E-state index contributed by atoms with van der Waals surface area (Å²) in [6.07, 6.45) is -1.22. The monoisotopic (exact) mass is 362 g/mol. The number of fused-ring (bicyclic) bond motifs is 1. The molecule has 2 heterocycles. The lowest BCUT2D eigenvalue weighted by Gasteiger charge is -2.30. The van der Waals surface area contributed by atoms with Crippen molar-refractivity contribution in [2.45, 2.75) is 37.9 Å². The Morgan fingerprint density at radius 1 is 1.31 bits per heavy atom. The molecule has 4 N–H and O–H groups in total. The lowest BCUT2D eigenvalue weighted by molar-refractivity contribution is -0.138. The maximum Gasteiger partial charge on any atom is 0.547 e. The quantitative estimate of drug-likeness (QED) is 0.289. The molecule has 0 bridgehead atoms. The molecule has 2 aliphatic heterocycles. The second-order valence-corrected chi connectivity index (χ2v) is 6.28. The predicted molar refractivity (Wildman–Crippen MR) is 88.4 cm³/mol. The average molecular weight is 362 g/mol. The van der Waals surface area contributed by atoms with Gasteiger partial charge in [0.2, 0.25) is 17.7 Å². The zero-order valence-corrected chi connectivity index (χ0v) is 13.9. The summed E-state index contributed by atoms with van der Waals surface area (Å²) in [6.45, 7) is 0.00458. The van der Waals surface area contributed by atoms with E-state index in [0.717, 1.165) is 4.90 Å². The number of nitrogens with zero attached hydrogens (tertiary/aromatic N) is 1. The number of benzene rings is 1. The number of para-hydroxylation sites is 1. The molecule has 0 saturated carbocycles. The molecular weight excluding hydrogens is 343 g/mol. The highest BCUT2D eigenvalue weighted by atomic mass is 16.5. The standard InChI is InChI=1S/C16H19BN2O7/c20-12(6-7-19-13(21)4-5-14(19)22)18-11-8-9-2-1-3-10(16(23)24)15(9)26-17(11)25/h1-3,11,16,23-25H,4-8H2,(H,18,20)/t11-/m0/s1. The molecular formula is C16H19BN2O7. The molecule has 0 aromatic heterocycles. The van der Waals surface area contributed by atoms with E-state index >= 15 is 0 Å². The number of nitrogens with one attached hydrogen (secondary N) is 1. The van der Waals surface area contributed by atoms with Crippen molar-refractivity contribution < 1.29 is 34.3 Å². The van der Waals surface area contributed by atoms with Crippen LogP contribution in [0.1, 0.15) is 36.7 Å². The van der Waals surface area contributed by atoms with Crippen molar-refractivity contribution in [2.24, 2.45) is 0 Å². The third kappa shape index (κ3) is 3.72. The molecule has 1 aromatic rings. The zero-order chi connectivity index (χ0) is 18.8. The summed E-state index contributed by atoms with van der Waals surface area (Å²) in [6, 6.07) is 4.80. The number of hydrogen-bond donors (Lipinski definition) is 4. The van der Waals surface area contributed by atoms with Crippen LogP contribution in [0.25, 0.3) is 0 Å². The number of aliphatic hydroxyl groups is 2. The van der Waals surface area contributed by atoms with E-state index < -0.39 is 25.3 Å². The van der Waals surface area contributed by atoms with Gasteiger partial charge in [-0.3, -0.25) is 19.3 Å². The fourth-order valence-electron chi connectivity index (χ4n) is 3.14. The largest absolute Gasteiger partial charge is 0.547 e. The molecule has 10 heteroatoms. The van der Waals surface area contributed by atoms with E-state index in [2.05, 4.69) is 5.32 Å². The van der Waals surface area contributed by atoms with E-state index in [4.69, 9.17) is 4.65 Å². The lowest BCUT2D eigenvalue weighted by atomic mass is 9.72. The first-order valence-corrected chi connectivity index (χ1v) is 8.32. The van der Waals surface area contributed by atoms with Crippen LogP contribution in [-0.4, -0.2) is 57.5 Å². The molecule has 1 atom stereocenters. The molecule has 1 fully saturated rings. The topological polar surface area (TPSA) is 136 Å². The number of rotatable bonds is 5. The molecule has 26 heavy (non-hydrogen) atoms. The molecule has 1 saturated heterocycles. The van der Waals surface area contributed by atoms with E-state index in [-0.39, 0.29) is 55.4 Å². The summed E-state index contributed by atoms with van der Waals surface area (Å²) < 4.78 is 5.35. The van der Waals surface area contributed by atoms with Crippen LogP contribution in [-0.2, 0) is 20.8 Å². The van der Waals surface area contributed by atoms with Crippen molar-refractivity contribution >= 4 is 24.8 Å². The van der Waals surface area contributed by atoms with Crippen LogP contribution in [0.15, 0.2) is 18.2 Å². The third-order valence-corrected chi connectivity index (χ3v) is 4.49. The van der Waals surface area contributed by atoms with Gasteiger partial charge in [-0.1, -0.05) is 18.2 Å². The molecule has 138 valence electrons. The van der Waals surface area contributed by atoms with E-state index in [1.165, 1.54) is 6.07 Å². The van der Waals surface area contributed by atoms with Crippen molar-refractivity contribution in [1.29, 1.82) is 0 Å². The number of carbonyl (C=O) groups is 3. The summed E-state index contributed by atoms with van der Waals surface area (Å²) in [5.41, 5.74) is 0.758. The summed E-state index contributed by atoms with van der Waals surface area (Å²) in [5.74, 6) is -1.53. The molecule has 0 aliphatic carbocycles. The highest BCUT2D eigenvalue weighted by Crippen LogP contribution is 2.32. The van der Waals surface area contributed by atoms with Crippen LogP contribution in [0.5, 0.6) is 5.75 Å². The average Bonchev–Trinajstić information content (AvgIpc) is 2.91. The number of amides is 3. The molecule has 0 unspecified atom stereocenters. The normalized spacial score (nSPS) is 19.6. The number of imide groups is 1.